The average molecular weight is 538 g/mol. The number of halogens is 2. The van der Waals surface area contributed by atoms with Crippen LogP contribution < -0.4 is 10.1 Å². The van der Waals surface area contributed by atoms with Crippen LogP contribution in [0.25, 0.3) is 0 Å². The first-order valence-corrected chi connectivity index (χ1v) is 12.4. The van der Waals surface area contributed by atoms with Gasteiger partial charge in [0.05, 0.1) is 34.7 Å². The van der Waals surface area contributed by atoms with Crippen LogP contribution >= 0.6 is 35.0 Å². The Balaban J connectivity index is 1.49. The van der Waals surface area contributed by atoms with Gasteiger partial charge in [-0.15, -0.1) is 10.2 Å². The molecule has 9 nitrogen and oxygen atoms in total. The molecular weight excluding hydrogens is 513 g/mol. The number of alkyl carbamates (subject to hydrolysis) is 1. The normalized spacial score (nSPS) is 11.7. The second-order valence-electron chi connectivity index (χ2n) is 7.57. The fourth-order valence-corrected chi connectivity index (χ4v) is 4.64. The number of hydrogen-bond acceptors (Lipinski definition) is 8. The number of aryl methyl sites for hydroxylation is 1. The number of aromatic nitrogens is 4. The Morgan fingerprint density at radius 1 is 1.17 bits per heavy atom. The van der Waals surface area contributed by atoms with Crippen LogP contribution in [0.1, 0.15) is 24.5 Å². The molecule has 1 amide bonds. The highest BCUT2D eigenvalue weighted by atomic mass is 35.5. The molecule has 0 bridgehead atoms. The van der Waals surface area contributed by atoms with Gasteiger partial charge in [0.2, 0.25) is 5.16 Å². The highest BCUT2D eigenvalue weighted by Crippen LogP contribution is 2.37. The minimum absolute atomic E-state index is 0.159. The lowest BCUT2D eigenvalue weighted by Gasteiger charge is -2.15. The molecule has 0 saturated heterocycles. The number of amides is 1. The van der Waals surface area contributed by atoms with Gasteiger partial charge in [-0.25, -0.2) is 4.79 Å². The van der Waals surface area contributed by atoms with Crippen molar-refractivity contribution in [3.63, 3.8) is 0 Å². The number of carbonyl (C=O) groups is 2. The number of rotatable bonds is 11. The molecule has 1 unspecified atom stereocenters. The van der Waals surface area contributed by atoms with E-state index in [0.717, 1.165) is 28.6 Å². The quantitative estimate of drug-likeness (QED) is 0.372. The highest BCUT2D eigenvalue weighted by molar-refractivity contribution is 7.99. The fraction of sp³-hybridized carbons (Fsp3) is 0.348. The Morgan fingerprint density at radius 2 is 1.86 bits per heavy atom. The van der Waals surface area contributed by atoms with Crippen LogP contribution in [-0.4, -0.2) is 51.8 Å². The van der Waals surface area contributed by atoms with Gasteiger partial charge in [0.25, 0.3) is 0 Å². The number of Topliss-reactive ketones (excluding diaryl/α,β-unsaturated/α-hetero) is 1. The minimum Gasteiger partial charge on any atom is -0.497 e. The lowest BCUT2D eigenvalue weighted by atomic mass is 10.1. The molecule has 3 rings (SSSR count). The van der Waals surface area contributed by atoms with Crippen molar-refractivity contribution in [2.24, 2.45) is 0 Å². The summed E-state index contributed by atoms with van der Waals surface area (Å²) in [5.74, 6) is 0.479. The van der Waals surface area contributed by atoms with Crippen LogP contribution in [0.15, 0.2) is 46.5 Å². The molecule has 3 aromatic rings. The van der Waals surface area contributed by atoms with E-state index in [-0.39, 0.29) is 18.9 Å². The summed E-state index contributed by atoms with van der Waals surface area (Å²) >= 11 is 13.7. The van der Waals surface area contributed by atoms with Crippen molar-refractivity contribution in [3.05, 3.63) is 57.6 Å². The number of benzene rings is 2. The van der Waals surface area contributed by atoms with Crippen molar-refractivity contribution in [1.82, 2.24) is 25.5 Å². The Bertz CT molecular complexity index is 1150. The maximum atomic E-state index is 12.7. The van der Waals surface area contributed by atoms with Gasteiger partial charge in [-0.1, -0.05) is 42.3 Å². The maximum Gasteiger partial charge on any atom is 0.407 e. The first-order chi connectivity index (χ1) is 16.8. The monoisotopic (exact) mass is 537 g/mol. The molecule has 0 aliphatic heterocycles. The van der Waals surface area contributed by atoms with Crippen LogP contribution in [0, 0.1) is 6.92 Å². The van der Waals surface area contributed by atoms with Crippen molar-refractivity contribution in [2.45, 2.75) is 49.3 Å². The highest BCUT2D eigenvalue weighted by Gasteiger charge is 2.21. The number of carbonyl (C=O) groups excluding carboxylic acids is 2. The lowest BCUT2D eigenvalue weighted by Crippen LogP contribution is -2.42. The lowest BCUT2D eigenvalue weighted by molar-refractivity contribution is -0.122. The fourth-order valence-electron chi connectivity index (χ4n) is 3.11. The second kappa shape index (κ2) is 12.8. The Hall–Kier alpha value is -2.82. The van der Waals surface area contributed by atoms with E-state index in [0.29, 0.717) is 32.9 Å². The van der Waals surface area contributed by atoms with Crippen LogP contribution in [0.3, 0.4) is 0 Å². The second-order valence-corrected chi connectivity index (χ2v) is 9.36. The van der Waals surface area contributed by atoms with E-state index >= 15 is 0 Å². The number of methoxy groups -OCH3 is 1. The smallest absolute Gasteiger partial charge is 0.407 e. The number of hydrogen-bond donors (Lipinski definition) is 1. The van der Waals surface area contributed by atoms with E-state index in [2.05, 4.69) is 20.7 Å². The van der Waals surface area contributed by atoms with E-state index in [1.54, 1.807) is 26.2 Å². The molecule has 0 radical (unpaired) electrons. The molecule has 0 aliphatic rings. The van der Waals surface area contributed by atoms with Crippen LogP contribution in [-0.2, 0) is 22.5 Å². The zero-order valence-corrected chi connectivity index (χ0v) is 21.8. The predicted molar refractivity (Wildman–Crippen MR) is 133 cm³/mol. The molecule has 0 aliphatic carbocycles. The summed E-state index contributed by atoms with van der Waals surface area (Å²) < 4.78 is 10.3. The predicted octanol–water partition coefficient (Wildman–Crippen LogP) is 4.76. The number of tetrazole rings is 1. The summed E-state index contributed by atoms with van der Waals surface area (Å²) in [7, 11) is 1.60. The Kier molecular flexibility index (Phi) is 9.76. The third-order valence-corrected chi connectivity index (χ3v) is 6.75. The number of nitrogens with one attached hydrogen (secondary N) is 1. The van der Waals surface area contributed by atoms with Crippen molar-refractivity contribution in [2.75, 3.05) is 13.7 Å². The standard InChI is InChI=1S/C23H25Cl2N5O4S/c1-4-19(26-23(32)34-10-9-15-5-7-16(33-3)8-6-15)20(31)13-30-28-22(27-29-30)35-21-17(24)11-14(2)12-18(21)25/h5-8,11-12,19H,4,9-10,13H2,1-3H3,(H,26,32). The van der Waals surface area contributed by atoms with Gasteiger partial charge in [0.15, 0.2) is 5.78 Å². The topological polar surface area (TPSA) is 108 Å². The number of ketones is 1. The molecule has 1 aromatic heterocycles. The molecule has 35 heavy (non-hydrogen) atoms. The van der Waals surface area contributed by atoms with Gasteiger partial charge >= 0.3 is 6.09 Å². The molecule has 186 valence electrons. The SMILES string of the molecule is CCC(NC(=O)OCCc1ccc(OC)cc1)C(=O)Cn1nnc(Sc2c(Cl)cc(C)cc2Cl)n1. The van der Waals surface area contributed by atoms with E-state index < -0.39 is 12.1 Å². The van der Waals surface area contributed by atoms with E-state index in [1.807, 2.05) is 31.2 Å². The summed E-state index contributed by atoms with van der Waals surface area (Å²) in [5.41, 5.74) is 1.93. The summed E-state index contributed by atoms with van der Waals surface area (Å²) in [6.45, 7) is 3.70. The first-order valence-electron chi connectivity index (χ1n) is 10.8. The molecule has 1 heterocycles. The third-order valence-electron chi connectivity index (χ3n) is 4.94. The van der Waals surface area contributed by atoms with Crippen molar-refractivity contribution < 1.29 is 19.1 Å². The molecule has 1 N–H and O–H groups in total. The van der Waals surface area contributed by atoms with Crippen molar-refractivity contribution in [1.29, 1.82) is 0 Å². The zero-order chi connectivity index (χ0) is 25.4. The third kappa shape index (κ3) is 7.84. The summed E-state index contributed by atoms with van der Waals surface area (Å²) in [4.78, 5) is 26.6. The molecule has 2 aromatic carbocycles. The summed E-state index contributed by atoms with van der Waals surface area (Å²) in [6.07, 6.45) is 0.266. The van der Waals surface area contributed by atoms with Crippen LogP contribution in [0.4, 0.5) is 4.79 Å². The largest absolute Gasteiger partial charge is 0.497 e. The van der Waals surface area contributed by atoms with Gasteiger partial charge in [0, 0.05) is 6.42 Å². The zero-order valence-electron chi connectivity index (χ0n) is 19.5. The average Bonchev–Trinajstić information content (AvgIpc) is 3.27. The van der Waals surface area contributed by atoms with Crippen LogP contribution in [0.2, 0.25) is 10.0 Å². The molecule has 1 atom stereocenters. The van der Waals surface area contributed by atoms with E-state index in [9.17, 15) is 9.59 Å². The van der Waals surface area contributed by atoms with Gasteiger partial charge < -0.3 is 14.8 Å². The summed E-state index contributed by atoms with van der Waals surface area (Å²) in [5, 5.41) is 15.9. The van der Waals surface area contributed by atoms with E-state index in [4.69, 9.17) is 32.7 Å². The molecular formula is C23H25Cl2N5O4S. The Morgan fingerprint density at radius 3 is 2.49 bits per heavy atom. The number of ether oxygens (including phenoxy) is 2. The molecule has 12 heteroatoms. The molecule has 0 fully saturated rings. The van der Waals surface area contributed by atoms with Crippen molar-refractivity contribution in [3.8, 4) is 5.75 Å². The van der Waals surface area contributed by atoms with Gasteiger partial charge in [-0.3, -0.25) is 4.79 Å². The Labute approximate surface area is 217 Å². The minimum atomic E-state index is -0.744. The van der Waals surface area contributed by atoms with Crippen molar-refractivity contribution >= 4 is 46.8 Å². The molecule has 0 spiro atoms. The molecule has 0 saturated carbocycles. The van der Waals surface area contributed by atoms with Gasteiger partial charge in [0.1, 0.15) is 12.3 Å². The number of nitrogens with zero attached hydrogens (tertiary/aromatic N) is 4. The first kappa shape index (κ1) is 26.8. The summed E-state index contributed by atoms with van der Waals surface area (Å²) in [6, 6.07) is 10.3. The van der Waals surface area contributed by atoms with Gasteiger partial charge in [-0.05, 0) is 65.7 Å². The van der Waals surface area contributed by atoms with E-state index in [1.165, 1.54) is 4.80 Å². The van der Waals surface area contributed by atoms with Crippen LogP contribution in [0.5, 0.6) is 5.75 Å². The maximum absolute atomic E-state index is 12.7. The van der Waals surface area contributed by atoms with Gasteiger partial charge in [-0.2, -0.15) is 4.80 Å².